The fourth-order valence-electron chi connectivity index (χ4n) is 2.66. The van der Waals surface area contributed by atoms with E-state index in [1.807, 2.05) is 0 Å². The Morgan fingerprint density at radius 3 is 2.71 bits per heavy atom. The van der Waals surface area contributed by atoms with E-state index in [4.69, 9.17) is 5.11 Å². The minimum Gasteiger partial charge on any atom is -0.396 e. The summed E-state index contributed by atoms with van der Waals surface area (Å²) in [7, 11) is 0. The van der Waals surface area contributed by atoms with E-state index in [0.717, 1.165) is 12.8 Å². The van der Waals surface area contributed by atoms with Gasteiger partial charge in [0.2, 0.25) is 5.91 Å². The zero-order valence-electron chi connectivity index (χ0n) is 12.1. The van der Waals surface area contributed by atoms with Crippen molar-refractivity contribution in [2.45, 2.75) is 25.7 Å². The number of non-ortho nitro benzene ring substituents is 1. The second kappa shape index (κ2) is 6.67. The molecule has 1 aliphatic heterocycles. The van der Waals surface area contributed by atoms with Gasteiger partial charge in [-0.05, 0) is 31.2 Å². The lowest BCUT2D eigenvalue weighted by Gasteiger charge is -2.33. The molecule has 2 rings (SSSR count). The van der Waals surface area contributed by atoms with Crippen LogP contribution in [0.2, 0.25) is 0 Å². The maximum atomic E-state index is 12.5. The lowest BCUT2D eigenvalue weighted by atomic mass is 9.94. The number of carbonyl (C=O) groups excluding carboxylic acids is 1. The number of carbonyl (C=O) groups is 1. The minimum atomic E-state index is -0.451. The van der Waals surface area contributed by atoms with Crippen molar-refractivity contribution in [1.29, 1.82) is 0 Å². The first-order chi connectivity index (χ1) is 10.0. The number of rotatable bonds is 4. The summed E-state index contributed by atoms with van der Waals surface area (Å²) in [4.78, 5) is 24.6. The predicted molar refractivity (Wildman–Crippen MR) is 77.9 cm³/mol. The van der Waals surface area contributed by atoms with Crippen molar-refractivity contribution in [1.82, 2.24) is 4.90 Å². The summed E-state index contributed by atoms with van der Waals surface area (Å²) in [6, 6.07) is 6.24. The van der Waals surface area contributed by atoms with Crippen LogP contribution in [0.5, 0.6) is 0 Å². The average molecular weight is 292 g/mol. The number of aliphatic hydroxyl groups is 1. The number of nitro groups is 1. The molecule has 6 nitrogen and oxygen atoms in total. The summed E-state index contributed by atoms with van der Waals surface area (Å²) in [6.07, 6.45) is 1.62. The van der Waals surface area contributed by atoms with E-state index in [9.17, 15) is 14.9 Å². The van der Waals surface area contributed by atoms with Crippen LogP contribution in [0.1, 0.15) is 31.2 Å². The topological polar surface area (TPSA) is 83.7 Å². The van der Waals surface area contributed by atoms with Crippen LogP contribution in [-0.4, -0.2) is 40.5 Å². The monoisotopic (exact) mass is 292 g/mol. The van der Waals surface area contributed by atoms with Gasteiger partial charge < -0.3 is 10.0 Å². The molecule has 0 aromatic heterocycles. The third kappa shape index (κ3) is 3.58. The molecule has 0 radical (unpaired) electrons. The van der Waals surface area contributed by atoms with Crippen molar-refractivity contribution in [3.05, 3.63) is 39.9 Å². The van der Waals surface area contributed by atoms with E-state index in [1.165, 1.54) is 12.1 Å². The van der Waals surface area contributed by atoms with Crippen molar-refractivity contribution in [2.24, 2.45) is 5.92 Å². The highest BCUT2D eigenvalue weighted by molar-refractivity contribution is 5.83. The molecule has 6 heteroatoms. The number of amides is 1. The van der Waals surface area contributed by atoms with Crippen LogP contribution in [0.15, 0.2) is 24.3 Å². The molecule has 1 amide bonds. The third-order valence-corrected chi connectivity index (χ3v) is 4.14. The molecule has 114 valence electrons. The average Bonchev–Trinajstić information content (AvgIpc) is 2.53. The quantitative estimate of drug-likeness (QED) is 0.679. The van der Waals surface area contributed by atoms with Gasteiger partial charge in [0, 0.05) is 31.8 Å². The van der Waals surface area contributed by atoms with Gasteiger partial charge in [0.15, 0.2) is 0 Å². The maximum Gasteiger partial charge on any atom is 0.269 e. The van der Waals surface area contributed by atoms with Crippen LogP contribution in [0, 0.1) is 16.0 Å². The number of hydrogen-bond acceptors (Lipinski definition) is 4. The van der Waals surface area contributed by atoms with Gasteiger partial charge >= 0.3 is 0 Å². The Kier molecular flexibility index (Phi) is 4.90. The molecule has 1 aromatic rings. The third-order valence-electron chi connectivity index (χ3n) is 4.14. The summed E-state index contributed by atoms with van der Waals surface area (Å²) < 4.78 is 0. The maximum absolute atomic E-state index is 12.5. The molecule has 1 saturated heterocycles. The zero-order valence-corrected chi connectivity index (χ0v) is 12.1. The van der Waals surface area contributed by atoms with Crippen LogP contribution in [0.25, 0.3) is 0 Å². The molecule has 0 bridgehead atoms. The van der Waals surface area contributed by atoms with E-state index >= 15 is 0 Å². The highest BCUT2D eigenvalue weighted by Gasteiger charge is 2.27. The standard InChI is InChI=1S/C15H20N2O4/c1-11(13-3-2-4-14(9-13)17(20)21)15(19)16-7-5-12(10-18)6-8-16/h2-4,9,11-12,18H,5-8,10H2,1H3. The fraction of sp³-hybridized carbons (Fsp3) is 0.533. The Morgan fingerprint density at radius 2 is 2.14 bits per heavy atom. The summed E-state index contributed by atoms with van der Waals surface area (Å²) in [5.41, 5.74) is 0.671. The second-order valence-electron chi connectivity index (χ2n) is 5.53. The molecule has 1 heterocycles. The Morgan fingerprint density at radius 1 is 1.48 bits per heavy atom. The lowest BCUT2D eigenvalue weighted by Crippen LogP contribution is -2.41. The SMILES string of the molecule is CC(C(=O)N1CCC(CO)CC1)c1cccc([N+](=O)[O-])c1. The van der Waals surface area contributed by atoms with Gasteiger partial charge in [-0.1, -0.05) is 12.1 Å². The Balaban J connectivity index is 2.06. The second-order valence-corrected chi connectivity index (χ2v) is 5.53. The van der Waals surface area contributed by atoms with Gasteiger partial charge in [-0.2, -0.15) is 0 Å². The highest BCUT2D eigenvalue weighted by Crippen LogP contribution is 2.25. The smallest absolute Gasteiger partial charge is 0.269 e. The Bertz CT molecular complexity index is 524. The molecule has 1 fully saturated rings. The first kappa shape index (κ1) is 15.4. The molecular formula is C15H20N2O4. The van der Waals surface area contributed by atoms with Crippen LogP contribution in [0.3, 0.4) is 0 Å². The van der Waals surface area contributed by atoms with E-state index in [1.54, 1.807) is 24.0 Å². The Hall–Kier alpha value is -1.95. The highest BCUT2D eigenvalue weighted by atomic mass is 16.6. The van der Waals surface area contributed by atoms with Crippen molar-refractivity contribution < 1.29 is 14.8 Å². The van der Waals surface area contributed by atoms with Gasteiger partial charge in [-0.3, -0.25) is 14.9 Å². The van der Waals surface area contributed by atoms with Gasteiger partial charge in [0.25, 0.3) is 5.69 Å². The number of hydrogen-bond donors (Lipinski definition) is 1. The van der Waals surface area contributed by atoms with Gasteiger partial charge in [-0.15, -0.1) is 0 Å². The Labute approximate surface area is 123 Å². The molecule has 1 N–H and O–H groups in total. The van der Waals surface area contributed by atoms with E-state index in [-0.39, 0.29) is 24.1 Å². The molecule has 1 unspecified atom stereocenters. The summed E-state index contributed by atoms with van der Waals surface area (Å²) in [5.74, 6) is -0.121. The molecule has 1 aromatic carbocycles. The number of nitro benzene ring substituents is 1. The van der Waals surface area contributed by atoms with E-state index in [2.05, 4.69) is 0 Å². The van der Waals surface area contributed by atoms with Crippen molar-refractivity contribution >= 4 is 11.6 Å². The number of nitrogens with zero attached hydrogens (tertiary/aromatic N) is 2. The van der Waals surface area contributed by atoms with Crippen molar-refractivity contribution in [3.63, 3.8) is 0 Å². The van der Waals surface area contributed by atoms with Gasteiger partial charge in [0.1, 0.15) is 0 Å². The van der Waals surface area contributed by atoms with Crippen LogP contribution < -0.4 is 0 Å². The first-order valence-electron chi connectivity index (χ1n) is 7.17. The lowest BCUT2D eigenvalue weighted by molar-refractivity contribution is -0.384. The largest absolute Gasteiger partial charge is 0.396 e. The van der Waals surface area contributed by atoms with Gasteiger partial charge in [0.05, 0.1) is 10.8 Å². The number of aliphatic hydroxyl groups excluding tert-OH is 1. The van der Waals surface area contributed by atoms with Crippen molar-refractivity contribution in [3.8, 4) is 0 Å². The zero-order chi connectivity index (χ0) is 15.4. The van der Waals surface area contributed by atoms with Crippen LogP contribution in [0.4, 0.5) is 5.69 Å². The molecule has 0 spiro atoms. The molecule has 0 saturated carbocycles. The molecule has 0 aliphatic carbocycles. The van der Waals surface area contributed by atoms with Crippen LogP contribution in [-0.2, 0) is 4.79 Å². The number of likely N-dealkylation sites (tertiary alicyclic amines) is 1. The van der Waals surface area contributed by atoms with Crippen molar-refractivity contribution in [2.75, 3.05) is 19.7 Å². The summed E-state index contributed by atoms with van der Waals surface area (Å²) >= 11 is 0. The molecule has 1 aliphatic rings. The molecule has 21 heavy (non-hydrogen) atoms. The fourth-order valence-corrected chi connectivity index (χ4v) is 2.66. The molecular weight excluding hydrogens is 272 g/mol. The predicted octanol–water partition coefficient (Wildman–Crippen LogP) is 1.93. The first-order valence-corrected chi connectivity index (χ1v) is 7.17. The normalized spacial score (nSPS) is 17.5. The van der Waals surface area contributed by atoms with Crippen LogP contribution >= 0.6 is 0 Å². The van der Waals surface area contributed by atoms with E-state index < -0.39 is 10.8 Å². The number of piperidine rings is 1. The van der Waals surface area contributed by atoms with E-state index in [0.29, 0.717) is 18.7 Å². The molecule has 1 atom stereocenters. The summed E-state index contributed by atoms with van der Waals surface area (Å²) in [6.45, 7) is 3.23. The minimum absolute atomic E-state index is 0.00568. The van der Waals surface area contributed by atoms with Gasteiger partial charge in [-0.25, -0.2) is 0 Å². The summed E-state index contributed by atoms with van der Waals surface area (Å²) in [5, 5.41) is 19.9. The number of benzene rings is 1.